The summed E-state index contributed by atoms with van der Waals surface area (Å²) in [6.07, 6.45) is 2.93. The van der Waals surface area contributed by atoms with Gasteiger partial charge in [0.1, 0.15) is 0 Å². The van der Waals surface area contributed by atoms with E-state index in [1.165, 1.54) is 12.8 Å². The third kappa shape index (κ3) is 11.4. The third-order valence-corrected chi connectivity index (χ3v) is 1.62. The van der Waals surface area contributed by atoms with E-state index in [9.17, 15) is 4.79 Å². The van der Waals surface area contributed by atoms with E-state index in [0.717, 1.165) is 0 Å². The van der Waals surface area contributed by atoms with Crippen LogP contribution in [0, 0.1) is 0 Å². The molecule has 1 fully saturated rings. The quantitative estimate of drug-likeness (QED) is 0.668. The number of carbonyl (C=O) groups excluding carboxylic acids is 1. The van der Waals surface area contributed by atoms with Crippen molar-refractivity contribution >= 4 is 5.97 Å². The Morgan fingerprint density at radius 3 is 2.07 bits per heavy atom. The van der Waals surface area contributed by atoms with Gasteiger partial charge in [-0.05, 0) is 0 Å². The summed E-state index contributed by atoms with van der Waals surface area (Å²) in [6.45, 7) is 8.74. The number of aliphatic hydroxyl groups is 1. The predicted molar refractivity (Wildman–Crippen MR) is 58.1 cm³/mol. The molecule has 0 saturated carbocycles. The van der Waals surface area contributed by atoms with Crippen molar-refractivity contribution in [3.63, 3.8) is 0 Å². The highest BCUT2D eigenvalue weighted by Gasteiger charge is 2.16. The van der Waals surface area contributed by atoms with Crippen molar-refractivity contribution < 1.29 is 14.6 Å². The van der Waals surface area contributed by atoms with E-state index in [1.54, 1.807) is 0 Å². The largest absolute Gasteiger partial charge is 0.465 e. The second kappa shape index (κ2) is 12.4. The number of ether oxygens (including phenoxy) is 1. The first-order chi connectivity index (χ1) is 6.70. The van der Waals surface area contributed by atoms with Crippen LogP contribution in [0.25, 0.3) is 0 Å². The second-order valence-electron chi connectivity index (χ2n) is 2.87. The lowest BCUT2D eigenvalue weighted by molar-refractivity contribution is -0.151. The lowest BCUT2D eigenvalue weighted by atomic mass is 10.2. The van der Waals surface area contributed by atoms with Gasteiger partial charge in [-0.15, -0.1) is 0 Å². The van der Waals surface area contributed by atoms with E-state index in [2.05, 4.69) is 18.6 Å². The Balaban J connectivity index is 0. The van der Waals surface area contributed by atoms with E-state index < -0.39 is 6.10 Å². The smallest absolute Gasteiger partial charge is 0.308 e. The maximum absolute atomic E-state index is 10.3. The van der Waals surface area contributed by atoms with Crippen molar-refractivity contribution in [2.75, 3.05) is 6.61 Å². The van der Waals surface area contributed by atoms with Gasteiger partial charge in [0.25, 0.3) is 0 Å². The van der Waals surface area contributed by atoms with Gasteiger partial charge in [-0.2, -0.15) is 0 Å². The summed E-state index contributed by atoms with van der Waals surface area (Å²) in [6, 6.07) is 0. The average molecular weight is 204 g/mol. The van der Waals surface area contributed by atoms with Gasteiger partial charge < -0.3 is 9.84 Å². The van der Waals surface area contributed by atoms with Crippen molar-refractivity contribution in [3.8, 4) is 0 Å². The Labute approximate surface area is 87.5 Å². The van der Waals surface area contributed by atoms with Crippen LogP contribution in [0.3, 0.4) is 0 Å². The van der Waals surface area contributed by atoms with Crippen LogP contribution in [-0.2, 0) is 9.53 Å². The summed E-state index contributed by atoms with van der Waals surface area (Å²) in [5, 5.41) is 8.78. The van der Waals surface area contributed by atoms with E-state index in [1.807, 2.05) is 13.8 Å². The predicted octanol–water partition coefficient (Wildman–Crippen LogP) is 2.52. The third-order valence-electron chi connectivity index (χ3n) is 1.62. The molecular formula is C11H24O3. The normalized spacial score (nSPS) is 19.5. The average Bonchev–Trinajstić information content (AvgIpc) is 2.21. The summed E-state index contributed by atoms with van der Waals surface area (Å²) in [7, 11) is 0. The van der Waals surface area contributed by atoms with Crippen molar-refractivity contribution in [2.24, 2.45) is 0 Å². The van der Waals surface area contributed by atoms with Crippen molar-refractivity contribution in [1.82, 2.24) is 0 Å². The Morgan fingerprint density at radius 2 is 1.86 bits per heavy atom. The van der Waals surface area contributed by atoms with Gasteiger partial charge in [-0.1, -0.05) is 40.5 Å². The van der Waals surface area contributed by atoms with Crippen molar-refractivity contribution in [3.05, 3.63) is 0 Å². The number of carbonyl (C=O) groups is 1. The Morgan fingerprint density at radius 1 is 1.36 bits per heavy atom. The number of aliphatic hydroxyl groups excluding tert-OH is 1. The lowest BCUT2D eigenvalue weighted by Crippen LogP contribution is -2.24. The number of esters is 1. The SMILES string of the molecule is CC.CCCC.O=C1C[C@H](O)CCO1. The molecule has 3 nitrogen and oxygen atoms in total. The minimum Gasteiger partial charge on any atom is -0.465 e. The van der Waals surface area contributed by atoms with Gasteiger partial charge in [0, 0.05) is 6.42 Å². The van der Waals surface area contributed by atoms with Gasteiger partial charge in [-0.25, -0.2) is 0 Å². The summed E-state index contributed by atoms with van der Waals surface area (Å²) >= 11 is 0. The summed E-state index contributed by atoms with van der Waals surface area (Å²) in [5.41, 5.74) is 0. The van der Waals surface area contributed by atoms with Crippen LogP contribution in [0.1, 0.15) is 53.4 Å². The Hall–Kier alpha value is -0.570. The molecule has 3 heteroatoms. The number of hydrogen-bond donors (Lipinski definition) is 1. The maximum atomic E-state index is 10.3. The molecule has 1 N–H and O–H groups in total. The minimum atomic E-state index is -0.462. The first kappa shape index (κ1) is 15.9. The lowest BCUT2D eigenvalue weighted by Gasteiger charge is -2.15. The summed E-state index contributed by atoms with van der Waals surface area (Å²) < 4.78 is 4.55. The molecule has 0 bridgehead atoms. The van der Waals surface area contributed by atoms with E-state index >= 15 is 0 Å². The molecule has 14 heavy (non-hydrogen) atoms. The Kier molecular flexibility index (Phi) is 14.1. The summed E-state index contributed by atoms with van der Waals surface area (Å²) in [5.74, 6) is -0.288. The first-order valence-electron chi connectivity index (χ1n) is 5.54. The van der Waals surface area contributed by atoms with Crippen LogP contribution in [0.4, 0.5) is 0 Å². The van der Waals surface area contributed by atoms with Crippen molar-refractivity contribution in [1.29, 1.82) is 0 Å². The highest BCUT2D eigenvalue weighted by molar-refractivity contribution is 5.70. The standard InChI is InChI=1S/C5H8O3.C4H10.C2H6/c6-4-1-2-8-5(7)3-4;1-3-4-2;1-2/h4,6H,1-3H2;3-4H2,1-2H3;1-2H3/t4-;;/m1../s1. The van der Waals surface area contributed by atoms with Crippen LogP contribution in [-0.4, -0.2) is 23.8 Å². The molecule has 1 aliphatic rings. The fourth-order valence-electron chi connectivity index (χ4n) is 0.662. The van der Waals surface area contributed by atoms with E-state index in [4.69, 9.17) is 5.11 Å². The molecule has 1 heterocycles. The van der Waals surface area contributed by atoms with E-state index in [-0.39, 0.29) is 12.4 Å². The molecule has 0 aromatic heterocycles. The van der Waals surface area contributed by atoms with Gasteiger partial charge in [0.2, 0.25) is 0 Å². The molecule has 0 radical (unpaired) electrons. The zero-order valence-corrected chi connectivity index (χ0v) is 9.88. The second-order valence-corrected chi connectivity index (χ2v) is 2.87. The van der Waals surface area contributed by atoms with E-state index in [0.29, 0.717) is 13.0 Å². The van der Waals surface area contributed by atoms with Gasteiger partial charge in [-0.3, -0.25) is 4.79 Å². The maximum Gasteiger partial charge on any atom is 0.308 e. The zero-order chi connectivity index (χ0) is 11.4. The molecular weight excluding hydrogens is 180 g/mol. The molecule has 86 valence electrons. The monoisotopic (exact) mass is 204 g/mol. The molecule has 0 spiro atoms. The molecule has 0 aromatic rings. The molecule has 0 aromatic carbocycles. The first-order valence-corrected chi connectivity index (χ1v) is 5.54. The Bertz CT molecular complexity index is 122. The number of unbranched alkanes of at least 4 members (excludes halogenated alkanes) is 1. The molecule has 1 aliphatic heterocycles. The van der Waals surface area contributed by atoms with Gasteiger partial charge in [0.05, 0.1) is 19.1 Å². The van der Waals surface area contributed by atoms with Crippen LogP contribution >= 0.6 is 0 Å². The van der Waals surface area contributed by atoms with Crippen LogP contribution in [0.15, 0.2) is 0 Å². The van der Waals surface area contributed by atoms with Crippen LogP contribution in [0.5, 0.6) is 0 Å². The topological polar surface area (TPSA) is 46.5 Å². The number of rotatable bonds is 1. The molecule has 1 atom stereocenters. The zero-order valence-electron chi connectivity index (χ0n) is 9.88. The minimum absolute atomic E-state index is 0.167. The van der Waals surface area contributed by atoms with Gasteiger partial charge in [0.15, 0.2) is 0 Å². The highest BCUT2D eigenvalue weighted by Crippen LogP contribution is 2.05. The van der Waals surface area contributed by atoms with Crippen LogP contribution in [0.2, 0.25) is 0 Å². The fourth-order valence-corrected chi connectivity index (χ4v) is 0.662. The molecule has 0 unspecified atom stereocenters. The molecule has 0 amide bonds. The van der Waals surface area contributed by atoms with Gasteiger partial charge >= 0.3 is 5.97 Å². The fraction of sp³-hybridized carbons (Fsp3) is 0.909. The molecule has 1 saturated heterocycles. The highest BCUT2D eigenvalue weighted by atomic mass is 16.5. The molecule has 0 aliphatic carbocycles. The number of cyclic esters (lactones) is 1. The van der Waals surface area contributed by atoms with Crippen molar-refractivity contribution in [2.45, 2.75) is 59.5 Å². The van der Waals surface area contributed by atoms with Crippen LogP contribution < -0.4 is 0 Å². The molecule has 1 rings (SSSR count). The number of hydrogen-bond acceptors (Lipinski definition) is 3. The summed E-state index contributed by atoms with van der Waals surface area (Å²) in [4.78, 5) is 10.3.